The number of amidine groups is 1. The lowest BCUT2D eigenvalue weighted by atomic mass is 10.1. The number of aromatic amines is 1. The van der Waals surface area contributed by atoms with Crippen LogP contribution in [-0.2, 0) is 6.42 Å². The van der Waals surface area contributed by atoms with E-state index in [1.165, 1.54) is 6.07 Å². The highest BCUT2D eigenvalue weighted by Crippen LogP contribution is 2.35. The van der Waals surface area contributed by atoms with E-state index in [1.807, 2.05) is 26.0 Å². The number of hydrogen-bond donors (Lipinski definition) is 4. The smallest absolute Gasteiger partial charge is 0.335 e. The van der Waals surface area contributed by atoms with Crippen molar-refractivity contribution in [3.05, 3.63) is 41.5 Å². The van der Waals surface area contributed by atoms with Crippen LogP contribution in [0, 0.1) is 0 Å². The zero-order valence-corrected chi connectivity index (χ0v) is 14.9. The van der Waals surface area contributed by atoms with Gasteiger partial charge < -0.3 is 25.9 Å². The Morgan fingerprint density at radius 3 is 2.89 bits per heavy atom. The number of carbonyl (C=O) groups is 1. The molecule has 1 aliphatic rings. The van der Waals surface area contributed by atoms with Gasteiger partial charge in [0.15, 0.2) is 5.95 Å². The molecule has 0 radical (unpaired) electrons. The molecule has 1 aromatic heterocycles. The topological polar surface area (TPSA) is 126 Å². The van der Waals surface area contributed by atoms with Crippen LogP contribution >= 0.6 is 0 Å². The molecule has 4 rings (SSSR count). The van der Waals surface area contributed by atoms with Gasteiger partial charge in [0.05, 0.1) is 28.6 Å². The minimum atomic E-state index is -1.00. The lowest BCUT2D eigenvalue weighted by Gasteiger charge is -2.16. The fraction of sp³-hybridized carbons (Fsp3) is 0.211. The largest absolute Gasteiger partial charge is 0.489 e. The highest BCUT2D eigenvalue weighted by Gasteiger charge is 2.21. The van der Waals surface area contributed by atoms with E-state index in [0.717, 1.165) is 22.3 Å². The molecule has 1 aliphatic heterocycles. The first-order chi connectivity index (χ1) is 12.9. The molecule has 0 atom stereocenters. The summed E-state index contributed by atoms with van der Waals surface area (Å²) in [5.74, 6) is 0.606. The first-order valence-electron chi connectivity index (χ1n) is 8.56. The van der Waals surface area contributed by atoms with Crippen molar-refractivity contribution in [2.45, 2.75) is 26.4 Å². The van der Waals surface area contributed by atoms with E-state index < -0.39 is 5.97 Å². The summed E-state index contributed by atoms with van der Waals surface area (Å²) in [5.41, 5.74) is 9.83. The van der Waals surface area contributed by atoms with E-state index in [1.54, 1.807) is 12.1 Å². The number of aliphatic imine (C=N–C) groups is 1. The molecule has 2 aromatic carbocycles. The summed E-state index contributed by atoms with van der Waals surface area (Å²) in [5, 5.41) is 12.5. The molecular weight excluding hydrogens is 346 g/mol. The number of carboxylic acid groups (broad SMARTS) is 1. The number of aromatic carboxylic acids is 1. The van der Waals surface area contributed by atoms with Crippen molar-refractivity contribution in [2.75, 3.05) is 11.1 Å². The van der Waals surface area contributed by atoms with Crippen LogP contribution < -0.4 is 15.8 Å². The molecule has 0 saturated carbocycles. The van der Waals surface area contributed by atoms with Crippen LogP contribution in [0.1, 0.15) is 29.8 Å². The van der Waals surface area contributed by atoms with Crippen molar-refractivity contribution in [3.8, 4) is 5.75 Å². The fourth-order valence-corrected chi connectivity index (χ4v) is 3.09. The maximum absolute atomic E-state index is 11.3. The van der Waals surface area contributed by atoms with Crippen LogP contribution in [0.25, 0.3) is 11.0 Å². The molecule has 0 spiro atoms. The van der Waals surface area contributed by atoms with Gasteiger partial charge in [-0.1, -0.05) is 6.07 Å². The number of imidazole rings is 1. The zero-order chi connectivity index (χ0) is 19.1. The first-order valence-corrected chi connectivity index (χ1v) is 8.56. The van der Waals surface area contributed by atoms with E-state index in [4.69, 9.17) is 10.5 Å². The standard InChI is InChI=1S/C19H19N5O3/c1-9(2)27-14-6-4-11(18(25)26)7-13(14)21-15-8-10-3-5-12-17(16(10)23-15)24-19(20)22-12/h3-7,9H,8H2,1-2H3,(H,21,23)(H,25,26)(H3,20,22,24). The molecule has 8 heteroatoms. The molecule has 0 bridgehead atoms. The van der Waals surface area contributed by atoms with Crippen molar-refractivity contribution in [3.63, 3.8) is 0 Å². The number of ether oxygens (including phenoxy) is 1. The number of rotatable bonds is 4. The second-order valence-corrected chi connectivity index (χ2v) is 6.63. The summed E-state index contributed by atoms with van der Waals surface area (Å²) < 4.78 is 5.80. The lowest BCUT2D eigenvalue weighted by Crippen LogP contribution is -2.15. The van der Waals surface area contributed by atoms with Crippen molar-refractivity contribution < 1.29 is 14.6 Å². The molecule has 8 nitrogen and oxygen atoms in total. The normalized spacial score (nSPS) is 12.9. The molecule has 0 unspecified atom stereocenters. The third-order valence-electron chi connectivity index (χ3n) is 4.20. The van der Waals surface area contributed by atoms with E-state index in [0.29, 0.717) is 29.6 Å². The van der Waals surface area contributed by atoms with Crippen molar-refractivity contribution in [2.24, 2.45) is 4.99 Å². The zero-order valence-electron chi connectivity index (χ0n) is 14.9. The Morgan fingerprint density at radius 2 is 2.15 bits per heavy atom. The maximum Gasteiger partial charge on any atom is 0.335 e. The third kappa shape index (κ3) is 3.17. The third-order valence-corrected chi connectivity index (χ3v) is 4.20. The number of nitrogens with two attached hydrogens (primary N) is 1. The summed E-state index contributed by atoms with van der Waals surface area (Å²) in [6.07, 6.45) is 0.534. The molecule has 2 heterocycles. The summed E-state index contributed by atoms with van der Waals surface area (Å²) in [6.45, 7) is 3.83. The Labute approximate surface area is 155 Å². The van der Waals surface area contributed by atoms with Crippen LogP contribution in [0.4, 0.5) is 17.3 Å². The number of H-pyrrole nitrogens is 1. The average Bonchev–Trinajstić information content (AvgIpc) is 3.17. The molecule has 0 fully saturated rings. The van der Waals surface area contributed by atoms with E-state index in [2.05, 4.69) is 20.3 Å². The maximum atomic E-state index is 11.3. The summed E-state index contributed by atoms with van der Waals surface area (Å²) in [6, 6.07) is 8.63. The van der Waals surface area contributed by atoms with Gasteiger partial charge in [-0.3, -0.25) is 0 Å². The first kappa shape index (κ1) is 16.9. The number of fused-ring (bicyclic) bond motifs is 3. The van der Waals surface area contributed by atoms with Gasteiger partial charge in [-0.15, -0.1) is 0 Å². The summed E-state index contributed by atoms with van der Waals surface area (Å²) in [7, 11) is 0. The van der Waals surface area contributed by atoms with Gasteiger partial charge in [0, 0.05) is 6.42 Å². The highest BCUT2D eigenvalue weighted by atomic mass is 16.5. The number of carboxylic acids is 1. The second kappa shape index (κ2) is 6.31. The number of anilines is 2. The quantitative estimate of drug-likeness (QED) is 0.562. The number of nitrogens with one attached hydrogen (secondary N) is 2. The average molecular weight is 365 g/mol. The molecule has 138 valence electrons. The van der Waals surface area contributed by atoms with Gasteiger partial charge >= 0.3 is 5.97 Å². The monoisotopic (exact) mass is 365 g/mol. The number of aromatic nitrogens is 2. The highest BCUT2D eigenvalue weighted by molar-refractivity contribution is 6.07. The van der Waals surface area contributed by atoms with Crippen LogP contribution in [0.5, 0.6) is 5.75 Å². The van der Waals surface area contributed by atoms with E-state index >= 15 is 0 Å². The molecule has 27 heavy (non-hydrogen) atoms. The van der Waals surface area contributed by atoms with Gasteiger partial charge in [-0.2, -0.15) is 0 Å². The van der Waals surface area contributed by atoms with Crippen LogP contribution in [0.2, 0.25) is 0 Å². The summed E-state index contributed by atoms with van der Waals surface area (Å²) in [4.78, 5) is 23.3. The second-order valence-electron chi connectivity index (χ2n) is 6.63. The number of nitrogens with zero attached hydrogens (tertiary/aromatic N) is 2. The van der Waals surface area contributed by atoms with Crippen molar-refractivity contribution >= 4 is 40.2 Å². The molecule has 5 N–H and O–H groups in total. The van der Waals surface area contributed by atoms with Crippen LogP contribution in [0.15, 0.2) is 35.3 Å². The van der Waals surface area contributed by atoms with Gasteiger partial charge in [0.2, 0.25) is 0 Å². The van der Waals surface area contributed by atoms with Crippen molar-refractivity contribution in [1.29, 1.82) is 0 Å². The number of hydrogen-bond acceptors (Lipinski definition) is 6. The minimum absolute atomic E-state index is 0.0457. The Kier molecular flexibility index (Phi) is 3.95. The number of nitrogen functional groups attached to an aromatic ring is 1. The van der Waals surface area contributed by atoms with Gasteiger partial charge in [-0.05, 0) is 43.7 Å². The molecule has 3 aromatic rings. The Bertz CT molecular complexity index is 1080. The summed E-state index contributed by atoms with van der Waals surface area (Å²) >= 11 is 0. The lowest BCUT2D eigenvalue weighted by molar-refractivity contribution is 0.0697. The molecule has 0 saturated heterocycles. The van der Waals surface area contributed by atoms with Gasteiger partial charge in [0.25, 0.3) is 0 Å². The SMILES string of the molecule is CC(C)Oc1ccc(C(=O)O)cc1NC1=Nc2c(ccc3[nH]c(N)nc23)C1. The minimum Gasteiger partial charge on any atom is -0.489 e. The van der Waals surface area contributed by atoms with Gasteiger partial charge in [0.1, 0.15) is 17.1 Å². The molecular formula is C19H19N5O3. The Morgan fingerprint density at radius 1 is 1.33 bits per heavy atom. The number of benzene rings is 2. The van der Waals surface area contributed by atoms with Gasteiger partial charge in [-0.25, -0.2) is 14.8 Å². The van der Waals surface area contributed by atoms with Crippen molar-refractivity contribution in [1.82, 2.24) is 9.97 Å². The van der Waals surface area contributed by atoms with Crippen LogP contribution in [0.3, 0.4) is 0 Å². The fourth-order valence-electron chi connectivity index (χ4n) is 3.09. The van der Waals surface area contributed by atoms with Crippen LogP contribution in [-0.4, -0.2) is 33.0 Å². The Hall–Kier alpha value is -3.55. The predicted octanol–water partition coefficient (Wildman–Crippen LogP) is 3.33. The molecule has 0 aliphatic carbocycles. The Balaban J connectivity index is 1.70. The van der Waals surface area contributed by atoms with E-state index in [9.17, 15) is 9.90 Å². The van der Waals surface area contributed by atoms with E-state index in [-0.39, 0.29) is 11.7 Å². The predicted molar refractivity (Wildman–Crippen MR) is 104 cm³/mol. The molecule has 0 amide bonds.